The molecule has 0 bridgehead atoms. The Balaban J connectivity index is 1.60. The molecule has 2 aromatic rings. The molecular formula is C29H37NO6. The second kappa shape index (κ2) is 10.5. The van der Waals surface area contributed by atoms with Gasteiger partial charge in [-0.3, -0.25) is 4.79 Å². The first-order chi connectivity index (χ1) is 17.1. The van der Waals surface area contributed by atoms with Crippen molar-refractivity contribution < 1.29 is 24.2 Å². The number of aromatic nitrogens is 1. The van der Waals surface area contributed by atoms with Gasteiger partial charge in [0, 0.05) is 36.2 Å². The molecule has 0 amide bonds. The van der Waals surface area contributed by atoms with E-state index in [1.807, 2.05) is 10.6 Å². The minimum atomic E-state index is -1.20. The number of carbonyl (C=O) groups excluding carboxylic acids is 1. The van der Waals surface area contributed by atoms with Crippen molar-refractivity contribution in [2.75, 3.05) is 13.7 Å². The number of carboxylic acid groups (broad SMARTS) is 1. The molecule has 7 heteroatoms. The summed E-state index contributed by atoms with van der Waals surface area (Å²) in [5.41, 5.74) is 2.02. The monoisotopic (exact) mass is 495 g/mol. The van der Waals surface area contributed by atoms with Crippen molar-refractivity contribution in [2.24, 2.45) is 5.41 Å². The molecule has 7 nitrogen and oxygen atoms in total. The highest BCUT2D eigenvalue weighted by Gasteiger charge is 2.47. The fourth-order valence-electron chi connectivity index (χ4n) is 6.00. The van der Waals surface area contributed by atoms with E-state index >= 15 is 0 Å². The van der Waals surface area contributed by atoms with E-state index in [2.05, 4.69) is 19.9 Å². The standard InChI is InChI=1S/C29H37NO6/c1-18(31)10-8-6-5-7-9-13-36-26-14-20-19-11-12-29(2,3)27(19)30-17-22(28(33)34)24(32)16-23(30)21(20)15-25(26)35-4/h14-17,19,27H,5-13H2,1-4H3,(H,33,34)/t19-,27+/m1/s1. The Morgan fingerprint density at radius 1 is 1.08 bits per heavy atom. The molecular weight excluding hydrogens is 458 g/mol. The number of pyridine rings is 1. The number of benzene rings is 1. The van der Waals surface area contributed by atoms with E-state index in [0.29, 0.717) is 24.5 Å². The van der Waals surface area contributed by atoms with Crippen LogP contribution >= 0.6 is 0 Å². The van der Waals surface area contributed by atoms with E-state index in [4.69, 9.17) is 9.47 Å². The molecule has 0 radical (unpaired) electrons. The number of fused-ring (bicyclic) bond motifs is 6. The number of ketones is 1. The number of methoxy groups -OCH3 is 1. The Hall–Kier alpha value is -3.09. The lowest BCUT2D eigenvalue weighted by molar-refractivity contribution is -0.117. The molecule has 1 N–H and O–H groups in total. The molecule has 194 valence electrons. The summed E-state index contributed by atoms with van der Waals surface area (Å²) in [5.74, 6) is 0.553. The van der Waals surface area contributed by atoms with Gasteiger partial charge in [-0.1, -0.05) is 33.1 Å². The number of carbonyl (C=O) groups is 2. The molecule has 2 heterocycles. The van der Waals surface area contributed by atoms with E-state index in [9.17, 15) is 19.5 Å². The number of carboxylic acids is 1. The summed E-state index contributed by atoms with van der Waals surface area (Å²) in [4.78, 5) is 35.4. The van der Waals surface area contributed by atoms with Crippen LogP contribution in [0, 0.1) is 5.41 Å². The second-order valence-electron chi connectivity index (χ2n) is 10.9. The van der Waals surface area contributed by atoms with Gasteiger partial charge < -0.3 is 23.9 Å². The first kappa shape index (κ1) is 26.0. The van der Waals surface area contributed by atoms with Gasteiger partial charge in [0.25, 0.3) is 0 Å². The Bertz CT molecular complexity index is 1210. The van der Waals surface area contributed by atoms with Gasteiger partial charge in [-0.15, -0.1) is 0 Å². The average molecular weight is 496 g/mol. The van der Waals surface area contributed by atoms with Crippen LogP contribution in [0.5, 0.6) is 11.5 Å². The van der Waals surface area contributed by atoms with Crippen LogP contribution in [0.1, 0.15) is 100 Å². The number of nitrogens with zero attached hydrogens (tertiary/aromatic N) is 1. The van der Waals surface area contributed by atoms with E-state index in [1.165, 1.54) is 12.3 Å². The van der Waals surface area contributed by atoms with Gasteiger partial charge in [0.1, 0.15) is 11.3 Å². The van der Waals surface area contributed by atoms with Crippen LogP contribution in [0.4, 0.5) is 0 Å². The summed E-state index contributed by atoms with van der Waals surface area (Å²) in [5, 5.41) is 9.57. The lowest BCUT2D eigenvalue weighted by Crippen LogP contribution is -2.32. The van der Waals surface area contributed by atoms with Gasteiger partial charge in [-0.05, 0) is 55.7 Å². The molecule has 4 rings (SSSR count). The van der Waals surface area contributed by atoms with Gasteiger partial charge in [-0.2, -0.15) is 0 Å². The molecule has 2 atom stereocenters. The highest BCUT2D eigenvalue weighted by atomic mass is 16.5. The minimum absolute atomic E-state index is 0.0503. The van der Waals surface area contributed by atoms with Gasteiger partial charge in [0.15, 0.2) is 16.9 Å². The van der Waals surface area contributed by atoms with Crippen LogP contribution < -0.4 is 14.9 Å². The number of hydrogen-bond donors (Lipinski definition) is 1. The Morgan fingerprint density at radius 3 is 2.50 bits per heavy atom. The molecule has 2 aliphatic rings. The predicted molar refractivity (Wildman–Crippen MR) is 138 cm³/mol. The van der Waals surface area contributed by atoms with Crippen LogP contribution in [0.15, 0.2) is 29.2 Å². The predicted octanol–water partition coefficient (Wildman–Crippen LogP) is 5.99. The SMILES string of the molecule is COc1cc2c(cc1OCCCCCCCC(C)=O)[C@H]1CCC(C)(C)[C@H]1n1cc(C(=O)O)c(=O)cc1-2. The lowest BCUT2D eigenvalue weighted by atomic mass is 9.77. The molecule has 0 spiro atoms. The second-order valence-corrected chi connectivity index (χ2v) is 10.9. The maximum absolute atomic E-state index is 12.7. The van der Waals surface area contributed by atoms with Gasteiger partial charge >= 0.3 is 5.97 Å². The smallest absolute Gasteiger partial charge is 0.341 e. The molecule has 1 aliphatic carbocycles. The Morgan fingerprint density at radius 2 is 1.81 bits per heavy atom. The van der Waals surface area contributed by atoms with E-state index in [0.717, 1.165) is 61.8 Å². The highest BCUT2D eigenvalue weighted by Crippen LogP contribution is 2.59. The van der Waals surface area contributed by atoms with Crippen LogP contribution in [0.25, 0.3) is 11.3 Å². The molecule has 1 aliphatic heterocycles. The summed E-state index contributed by atoms with van der Waals surface area (Å²) in [6, 6.07) is 5.51. The molecule has 0 unspecified atom stereocenters. The van der Waals surface area contributed by atoms with E-state index in [1.54, 1.807) is 14.0 Å². The van der Waals surface area contributed by atoms with Crippen LogP contribution in [-0.2, 0) is 4.79 Å². The summed E-state index contributed by atoms with van der Waals surface area (Å²) >= 11 is 0. The number of ether oxygens (including phenoxy) is 2. The third kappa shape index (κ3) is 5.06. The third-order valence-electron chi connectivity index (χ3n) is 7.83. The zero-order valence-electron chi connectivity index (χ0n) is 21.8. The molecule has 1 fully saturated rings. The normalized spacial score (nSPS) is 19.2. The topological polar surface area (TPSA) is 94.8 Å². The van der Waals surface area contributed by atoms with Crippen molar-refractivity contribution in [3.63, 3.8) is 0 Å². The fourth-order valence-corrected chi connectivity index (χ4v) is 6.00. The summed E-state index contributed by atoms with van der Waals surface area (Å²) < 4.78 is 13.9. The fraction of sp³-hybridized carbons (Fsp3) is 0.552. The Kier molecular flexibility index (Phi) is 7.57. The maximum Gasteiger partial charge on any atom is 0.341 e. The number of Topliss-reactive ketones (excluding diaryl/α,β-unsaturated/α-hetero) is 1. The minimum Gasteiger partial charge on any atom is -0.493 e. The van der Waals surface area contributed by atoms with Crippen LogP contribution in [0.2, 0.25) is 0 Å². The zero-order chi connectivity index (χ0) is 26.0. The first-order valence-electron chi connectivity index (χ1n) is 13.0. The van der Waals surface area contributed by atoms with Gasteiger partial charge in [-0.25, -0.2) is 4.79 Å². The molecule has 0 saturated heterocycles. The molecule has 1 aromatic heterocycles. The molecule has 1 aromatic carbocycles. The van der Waals surface area contributed by atoms with Crippen molar-refractivity contribution in [2.45, 2.75) is 84.1 Å². The van der Waals surface area contributed by atoms with Crippen molar-refractivity contribution >= 4 is 11.8 Å². The van der Waals surface area contributed by atoms with Crippen molar-refractivity contribution in [1.29, 1.82) is 0 Å². The average Bonchev–Trinajstić information content (AvgIpc) is 3.15. The largest absolute Gasteiger partial charge is 0.493 e. The van der Waals surface area contributed by atoms with Crippen LogP contribution in [-0.4, -0.2) is 35.1 Å². The molecule has 1 saturated carbocycles. The molecule has 36 heavy (non-hydrogen) atoms. The number of rotatable bonds is 11. The highest BCUT2D eigenvalue weighted by molar-refractivity contribution is 5.88. The van der Waals surface area contributed by atoms with E-state index < -0.39 is 11.4 Å². The quantitative estimate of drug-likeness (QED) is 0.385. The lowest BCUT2D eigenvalue weighted by Gasteiger charge is -2.40. The number of aromatic carboxylic acids is 1. The maximum atomic E-state index is 12.7. The third-order valence-corrected chi connectivity index (χ3v) is 7.83. The number of hydrogen-bond acceptors (Lipinski definition) is 5. The van der Waals surface area contributed by atoms with E-state index in [-0.39, 0.29) is 28.7 Å². The van der Waals surface area contributed by atoms with Gasteiger partial charge in [0.05, 0.1) is 19.4 Å². The summed E-state index contributed by atoms with van der Waals surface area (Å²) in [6.45, 7) is 6.64. The van der Waals surface area contributed by atoms with Crippen molar-refractivity contribution in [3.05, 3.63) is 45.7 Å². The van der Waals surface area contributed by atoms with Crippen LogP contribution in [0.3, 0.4) is 0 Å². The first-order valence-corrected chi connectivity index (χ1v) is 13.0. The summed E-state index contributed by atoms with van der Waals surface area (Å²) in [7, 11) is 1.61. The summed E-state index contributed by atoms with van der Waals surface area (Å²) in [6.07, 6.45) is 9.24. The Labute approximate surface area is 212 Å². The van der Waals surface area contributed by atoms with Gasteiger partial charge in [0.2, 0.25) is 0 Å². The van der Waals surface area contributed by atoms with Crippen molar-refractivity contribution in [3.8, 4) is 22.8 Å². The van der Waals surface area contributed by atoms with Crippen molar-refractivity contribution in [1.82, 2.24) is 4.57 Å². The zero-order valence-corrected chi connectivity index (χ0v) is 21.8. The number of unbranched alkanes of at least 4 members (excludes halogenated alkanes) is 4.